The van der Waals surface area contributed by atoms with Crippen molar-refractivity contribution in [1.82, 2.24) is 10.1 Å². The molecule has 120 valence electrons. The summed E-state index contributed by atoms with van der Waals surface area (Å²) in [4.78, 5) is 25.2. The number of nitrogens with zero attached hydrogens (tertiary/aromatic N) is 2. The molecular weight excluding hydrogens is 296 g/mol. The number of hydrogen-bond acceptors (Lipinski definition) is 4. The van der Waals surface area contributed by atoms with E-state index in [0.717, 1.165) is 5.56 Å². The van der Waals surface area contributed by atoms with Crippen molar-refractivity contribution < 1.29 is 19.2 Å². The first-order valence-corrected chi connectivity index (χ1v) is 7.50. The number of likely N-dealkylation sites (tertiary alicyclic amines) is 1. The monoisotopic (exact) mass is 314 g/mol. The number of aromatic nitrogens is 1. The van der Waals surface area contributed by atoms with Crippen molar-refractivity contribution in [1.29, 1.82) is 0 Å². The SMILES string of the molecule is C[C@@]1(C(=O)O)CCN(C(=O)Cc2cc(-c3ccccc3)on2)C1. The highest BCUT2D eigenvalue weighted by molar-refractivity contribution is 5.81. The predicted molar refractivity (Wildman–Crippen MR) is 82.6 cm³/mol. The number of benzene rings is 1. The molecule has 0 bridgehead atoms. The Hall–Kier alpha value is -2.63. The molecule has 3 rings (SSSR count). The van der Waals surface area contributed by atoms with Crippen LogP contribution in [0.4, 0.5) is 0 Å². The van der Waals surface area contributed by atoms with Crippen LogP contribution in [0.2, 0.25) is 0 Å². The molecule has 23 heavy (non-hydrogen) atoms. The average Bonchev–Trinajstić information content (AvgIpc) is 3.16. The summed E-state index contributed by atoms with van der Waals surface area (Å²) >= 11 is 0. The van der Waals surface area contributed by atoms with E-state index in [4.69, 9.17) is 4.52 Å². The summed E-state index contributed by atoms with van der Waals surface area (Å²) in [6, 6.07) is 11.3. The number of carbonyl (C=O) groups excluding carboxylic acids is 1. The summed E-state index contributed by atoms with van der Waals surface area (Å²) < 4.78 is 5.28. The van der Waals surface area contributed by atoms with Crippen LogP contribution >= 0.6 is 0 Å². The van der Waals surface area contributed by atoms with Crippen LogP contribution in [-0.2, 0) is 16.0 Å². The van der Waals surface area contributed by atoms with Crippen molar-refractivity contribution in [3.05, 3.63) is 42.1 Å². The van der Waals surface area contributed by atoms with E-state index in [1.807, 2.05) is 30.3 Å². The second-order valence-electron chi connectivity index (χ2n) is 6.16. The molecule has 1 aromatic carbocycles. The van der Waals surface area contributed by atoms with Gasteiger partial charge in [-0.1, -0.05) is 35.5 Å². The first-order valence-electron chi connectivity index (χ1n) is 7.50. The van der Waals surface area contributed by atoms with Crippen LogP contribution in [0.1, 0.15) is 19.0 Å². The van der Waals surface area contributed by atoms with Gasteiger partial charge in [0.1, 0.15) is 0 Å². The molecule has 0 aliphatic carbocycles. The highest BCUT2D eigenvalue weighted by Crippen LogP contribution is 2.30. The van der Waals surface area contributed by atoms with Crippen LogP contribution in [0.15, 0.2) is 40.9 Å². The second kappa shape index (κ2) is 5.87. The van der Waals surface area contributed by atoms with Gasteiger partial charge in [0, 0.05) is 24.7 Å². The molecule has 0 saturated carbocycles. The summed E-state index contributed by atoms with van der Waals surface area (Å²) in [6.45, 7) is 2.38. The third-order valence-electron chi connectivity index (χ3n) is 4.29. The number of carboxylic acids is 1. The molecule has 0 radical (unpaired) electrons. The third kappa shape index (κ3) is 3.11. The molecule has 1 aromatic heterocycles. The van der Waals surface area contributed by atoms with E-state index in [1.54, 1.807) is 17.9 Å². The summed E-state index contributed by atoms with van der Waals surface area (Å²) in [5.74, 6) is -0.367. The van der Waals surface area contributed by atoms with Crippen LogP contribution < -0.4 is 0 Å². The van der Waals surface area contributed by atoms with Gasteiger partial charge in [0.15, 0.2) is 5.76 Å². The molecule has 2 heterocycles. The Labute approximate surface area is 133 Å². The van der Waals surface area contributed by atoms with Gasteiger partial charge in [-0.25, -0.2) is 0 Å². The standard InChI is InChI=1S/C17H18N2O4/c1-17(16(21)22)7-8-19(11-17)15(20)10-13-9-14(23-18-13)12-5-3-2-4-6-12/h2-6,9H,7-8,10-11H2,1H3,(H,21,22)/t17-/m1/s1. The van der Waals surface area contributed by atoms with Gasteiger partial charge in [0.2, 0.25) is 5.91 Å². The van der Waals surface area contributed by atoms with Crippen molar-refractivity contribution in [2.75, 3.05) is 13.1 Å². The maximum Gasteiger partial charge on any atom is 0.311 e. The number of carboxylic acid groups (broad SMARTS) is 1. The lowest BCUT2D eigenvalue weighted by molar-refractivity contribution is -0.147. The second-order valence-corrected chi connectivity index (χ2v) is 6.16. The molecule has 6 heteroatoms. The minimum Gasteiger partial charge on any atom is -0.481 e. The molecule has 0 unspecified atom stereocenters. The quantitative estimate of drug-likeness (QED) is 0.935. The first kappa shape index (κ1) is 15.3. The van der Waals surface area contributed by atoms with Crippen LogP contribution in [0.3, 0.4) is 0 Å². The Kier molecular flexibility index (Phi) is 3.90. The van der Waals surface area contributed by atoms with E-state index in [0.29, 0.717) is 24.4 Å². The van der Waals surface area contributed by atoms with Crippen LogP contribution in [-0.4, -0.2) is 40.1 Å². The van der Waals surface area contributed by atoms with Crippen molar-refractivity contribution in [3.63, 3.8) is 0 Å². The minimum atomic E-state index is -0.861. The Morgan fingerprint density at radius 2 is 2.09 bits per heavy atom. The molecule has 1 amide bonds. The lowest BCUT2D eigenvalue weighted by Gasteiger charge is -2.19. The highest BCUT2D eigenvalue weighted by Gasteiger charge is 2.42. The Morgan fingerprint density at radius 3 is 2.74 bits per heavy atom. The van der Waals surface area contributed by atoms with E-state index >= 15 is 0 Å². The van der Waals surface area contributed by atoms with E-state index in [9.17, 15) is 14.7 Å². The molecule has 6 nitrogen and oxygen atoms in total. The third-order valence-corrected chi connectivity index (χ3v) is 4.29. The highest BCUT2D eigenvalue weighted by atomic mass is 16.5. The largest absolute Gasteiger partial charge is 0.481 e. The minimum absolute atomic E-state index is 0.117. The van der Waals surface area contributed by atoms with Crippen molar-refractivity contribution in [3.8, 4) is 11.3 Å². The van der Waals surface area contributed by atoms with Gasteiger partial charge in [0.05, 0.1) is 17.5 Å². The molecule has 1 aliphatic heterocycles. The smallest absolute Gasteiger partial charge is 0.311 e. The molecule has 0 spiro atoms. The van der Waals surface area contributed by atoms with Crippen molar-refractivity contribution in [2.45, 2.75) is 19.8 Å². The number of amides is 1. The zero-order valence-electron chi connectivity index (χ0n) is 12.9. The van der Waals surface area contributed by atoms with Gasteiger partial charge >= 0.3 is 5.97 Å². The van der Waals surface area contributed by atoms with Gasteiger partial charge in [-0.2, -0.15) is 0 Å². The Balaban J connectivity index is 1.66. The summed E-state index contributed by atoms with van der Waals surface area (Å²) in [5.41, 5.74) is 0.602. The molecule has 1 aliphatic rings. The van der Waals surface area contributed by atoms with Gasteiger partial charge in [-0.15, -0.1) is 0 Å². The van der Waals surface area contributed by atoms with E-state index in [-0.39, 0.29) is 18.9 Å². The molecule has 1 fully saturated rings. The van der Waals surface area contributed by atoms with Gasteiger partial charge in [0.25, 0.3) is 0 Å². The van der Waals surface area contributed by atoms with Gasteiger partial charge in [-0.05, 0) is 13.3 Å². The molecule has 1 saturated heterocycles. The van der Waals surface area contributed by atoms with E-state index in [2.05, 4.69) is 5.16 Å². The van der Waals surface area contributed by atoms with Crippen molar-refractivity contribution in [2.24, 2.45) is 5.41 Å². The van der Waals surface area contributed by atoms with E-state index in [1.165, 1.54) is 0 Å². The van der Waals surface area contributed by atoms with Gasteiger partial charge < -0.3 is 14.5 Å². The fraction of sp³-hybridized carbons (Fsp3) is 0.353. The Bertz CT molecular complexity index is 725. The molecule has 1 N–H and O–H groups in total. The number of hydrogen-bond donors (Lipinski definition) is 1. The van der Waals surface area contributed by atoms with Crippen LogP contribution in [0, 0.1) is 5.41 Å². The van der Waals surface area contributed by atoms with Crippen molar-refractivity contribution >= 4 is 11.9 Å². The molecular formula is C17H18N2O4. The summed E-state index contributed by atoms with van der Waals surface area (Å²) in [6.07, 6.45) is 0.591. The zero-order chi connectivity index (χ0) is 16.4. The number of aliphatic carboxylic acids is 1. The predicted octanol–water partition coefficient (Wildman–Crippen LogP) is 2.21. The lowest BCUT2D eigenvalue weighted by Crippen LogP contribution is -2.35. The summed E-state index contributed by atoms with van der Waals surface area (Å²) in [5, 5.41) is 13.2. The van der Waals surface area contributed by atoms with E-state index < -0.39 is 11.4 Å². The molecule has 1 atom stereocenters. The topological polar surface area (TPSA) is 83.6 Å². The average molecular weight is 314 g/mol. The fourth-order valence-corrected chi connectivity index (χ4v) is 2.75. The fourth-order valence-electron chi connectivity index (χ4n) is 2.75. The zero-order valence-corrected chi connectivity index (χ0v) is 12.9. The maximum absolute atomic E-state index is 12.3. The summed E-state index contributed by atoms with van der Waals surface area (Å²) in [7, 11) is 0. The van der Waals surface area contributed by atoms with Crippen LogP contribution in [0.5, 0.6) is 0 Å². The maximum atomic E-state index is 12.3. The van der Waals surface area contributed by atoms with Crippen LogP contribution in [0.25, 0.3) is 11.3 Å². The lowest BCUT2D eigenvalue weighted by atomic mass is 9.90. The normalized spacial score (nSPS) is 20.7. The number of rotatable bonds is 4. The van der Waals surface area contributed by atoms with Gasteiger partial charge in [-0.3, -0.25) is 9.59 Å². The molecule has 2 aromatic rings. The number of carbonyl (C=O) groups is 2. The first-order chi connectivity index (χ1) is 11.0. The Morgan fingerprint density at radius 1 is 1.35 bits per heavy atom.